The first-order chi connectivity index (χ1) is 9.83. The van der Waals surface area contributed by atoms with E-state index in [2.05, 4.69) is 10.6 Å². The lowest BCUT2D eigenvalue weighted by atomic mass is 10.1. The van der Waals surface area contributed by atoms with Gasteiger partial charge in [-0.25, -0.2) is 4.79 Å². The third-order valence-corrected chi connectivity index (χ3v) is 2.89. The number of benzene rings is 1. The van der Waals surface area contributed by atoms with Gasteiger partial charge in [-0.1, -0.05) is 18.2 Å². The van der Waals surface area contributed by atoms with E-state index >= 15 is 0 Å². The molecule has 0 unspecified atom stereocenters. The largest absolute Gasteiger partial charge is 0.480 e. The molecule has 3 N–H and O–H groups in total. The van der Waals surface area contributed by atoms with E-state index in [-0.39, 0.29) is 18.2 Å². The number of carboxylic acids is 1. The Balaban J connectivity index is 2.27. The van der Waals surface area contributed by atoms with E-state index in [1.165, 1.54) is 13.8 Å². The van der Waals surface area contributed by atoms with E-state index in [0.29, 0.717) is 18.5 Å². The van der Waals surface area contributed by atoms with E-state index in [0.717, 1.165) is 0 Å². The summed E-state index contributed by atoms with van der Waals surface area (Å²) in [5.41, 5.74) is -0.723. The van der Waals surface area contributed by atoms with Gasteiger partial charge >= 0.3 is 5.97 Å². The minimum absolute atomic E-state index is 0.159. The molecule has 1 rings (SSSR count). The fourth-order valence-corrected chi connectivity index (χ4v) is 1.61. The second kappa shape index (κ2) is 7.42. The predicted molar refractivity (Wildman–Crippen MR) is 77.9 cm³/mol. The summed E-state index contributed by atoms with van der Waals surface area (Å²) in [4.78, 5) is 34.2. The molecule has 0 spiro atoms. The van der Waals surface area contributed by atoms with Crippen molar-refractivity contribution in [2.45, 2.75) is 32.2 Å². The number of carboxylic acid groups (broad SMARTS) is 1. The van der Waals surface area contributed by atoms with Gasteiger partial charge in [0.05, 0.1) is 0 Å². The molecule has 0 saturated carbocycles. The Labute approximate surface area is 123 Å². The smallest absolute Gasteiger partial charge is 0.328 e. The van der Waals surface area contributed by atoms with Crippen LogP contribution in [0.3, 0.4) is 0 Å². The Morgan fingerprint density at radius 1 is 1.14 bits per heavy atom. The van der Waals surface area contributed by atoms with Gasteiger partial charge in [0, 0.05) is 18.5 Å². The summed E-state index contributed by atoms with van der Waals surface area (Å²) in [5, 5.41) is 14.0. The second-order valence-corrected chi connectivity index (χ2v) is 5.20. The van der Waals surface area contributed by atoms with Crippen molar-refractivity contribution in [1.82, 2.24) is 10.6 Å². The molecule has 1 aromatic rings. The molecular weight excluding hydrogens is 272 g/mol. The zero-order valence-electron chi connectivity index (χ0n) is 12.2. The van der Waals surface area contributed by atoms with Gasteiger partial charge in [0.1, 0.15) is 5.54 Å². The number of aliphatic carboxylic acids is 1. The normalized spacial score (nSPS) is 10.8. The van der Waals surface area contributed by atoms with E-state index in [1.807, 2.05) is 6.07 Å². The van der Waals surface area contributed by atoms with Crippen molar-refractivity contribution in [2.24, 2.45) is 0 Å². The van der Waals surface area contributed by atoms with Gasteiger partial charge in [0.2, 0.25) is 5.91 Å². The number of hydrogen-bond donors (Lipinski definition) is 3. The van der Waals surface area contributed by atoms with Crippen LogP contribution in [0.4, 0.5) is 0 Å². The molecule has 0 aromatic heterocycles. The average Bonchev–Trinajstić information content (AvgIpc) is 2.43. The molecule has 0 saturated heterocycles. The molecule has 21 heavy (non-hydrogen) atoms. The summed E-state index contributed by atoms with van der Waals surface area (Å²) >= 11 is 0. The zero-order chi connectivity index (χ0) is 15.9. The first-order valence-corrected chi connectivity index (χ1v) is 6.70. The summed E-state index contributed by atoms with van der Waals surface area (Å²) in [5.74, 6) is -1.63. The Bertz CT molecular complexity index is 512. The SMILES string of the molecule is CC(C)(NC(=O)CCCNC(=O)c1ccccc1)C(=O)O. The van der Waals surface area contributed by atoms with Crippen LogP contribution in [0.25, 0.3) is 0 Å². The maximum Gasteiger partial charge on any atom is 0.328 e. The highest BCUT2D eigenvalue weighted by Gasteiger charge is 2.28. The molecule has 1 aromatic carbocycles. The van der Waals surface area contributed by atoms with Gasteiger partial charge in [0.25, 0.3) is 5.91 Å². The third-order valence-electron chi connectivity index (χ3n) is 2.89. The third kappa shape index (κ3) is 5.64. The van der Waals surface area contributed by atoms with E-state index in [9.17, 15) is 14.4 Å². The van der Waals surface area contributed by atoms with Crippen LogP contribution in [-0.2, 0) is 9.59 Å². The molecule has 114 valence electrons. The fourth-order valence-electron chi connectivity index (χ4n) is 1.61. The predicted octanol–water partition coefficient (Wildman–Crippen LogP) is 1.18. The summed E-state index contributed by atoms with van der Waals surface area (Å²) in [6.45, 7) is 3.20. The second-order valence-electron chi connectivity index (χ2n) is 5.20. The van der Waals surface area contributed by atoms with Crippen LogP contribution < -0.4 is 10.6 Å². The Morgan fingerprint density at radius 2 is 1.76 bits per heavy atom. The van der Waals surface area contributed by atoms with Gasteiger partial charge in [0.15, 0.2) is 0 Å². The van der Waals surface area contributed by atoms with Crippen molar-refractivity contribution in [3.63, 3.8) is 0 Å². The first-order valence-electron chi connectivity index (χ1n) is 6.70. The lowest BCUT2D eigenvalue weighted by molar-refractivity contribution is -0.146. The molecule has 6 heteroatoms. The molecule has 0 radical (unpaired) electrons. The van der Waals surface area contributed by atoms with Crippen molar-refractivity contribution < 1.29 is 19.5 Å². The van der Waals surface area contributed by atoms with Crippen LogP contribution in [0.2, 0.25) is 0 Å². The lowest BCUT2D eigenvalue weighted by Gasteiger charge is -2.20. The summed E-state index contributed by atoms with van der Waals surface area (Å²) in [7, 11) is 0. The maximum absolute atomic E-state index is 11.7. The van der Waals surface area contributed by atoms with Crippen LogP contribution >= 0.6 is 0 Å². The molecule has 2 amide bonds. The first kappa shape index (κ1) is 16.7. The van der Waals surface area contributed by atoms with Crippen molar-refractivity contribution in [1.29, 1.82) is 0 Å². The van der Waals surface area contributed by atoms with Crippen molar-refractivity contribution in [2.75, 3.05) is 6.54 Å². The van der Waals surface area contributed by atoms with Gasteiger partial charge in [-0.2, -0.15) is 0 Å². The highest BCUT2D eigenvalue weighted by Crippen LogP contribution is 2.03. The topological polar surface area (TPSA) is 95.5 Å². The van der Waals surface area contributed by atoms with Crippen molar-refractivity contribution in [3.8, 4) is 0 Å². The van der Waals surface area contributed by atoms with Crippen LogP contribution in [0.1, 0.15) is 37.0 Å². The van der Waals surface area contributed by atoms with Gasteiger partial charge in [-0.15, -0.1) is 0 Å². The minimum Gasteiger partial charge on any atom is -0.480 e. The molecule has 0 aliphatic rings. The molecular formula is C15H20N2O4. The molecule has 6 nitrogen and oxygen atoms in total. The summed E-state index contributed by atoms with van der Waals surface area (Å²) in [6.07, 6.45) is 0.603. The van der Waals surface area contributed by atoms with Crippen molar-refractivity contribution >= 4 is 17.8 Å². The lowest BCUT2D eigenvalue weighted by Crippen LogP contribution is -2.49. The van der Waals surface area contributed by atoms with E-state index in [4.69, 9.17) is 5.11 Å². The Kier molecular flexibility index (Phi) is 5.90. The Hall–Kier alpha value is -2.37. The highest BCUT2D eigenvalue weighted by atomic mass is 16.4. The Morgan fingerprint density at radius 3 is 2.33 bits per heavy atom. The van der Waals surface area contributed by atoms with Crippen LogP contribution in [0.15, 0.2) is 30.3 Å². The number of amides is 2. The molecule has 0 fully saturated rings. The molecule has 0 aliphatic carbocycles. The van der Waals surface area contributed by atoms with Gasteiger partial charge < -0.3 is 15.7 Å². The van der Waals surface area contributed by atoms with Crippen molar-refractivity contribution in [3.05, 3.63) is 35.9 Å². The van der Waals surface area contributed by atoms with Gasteiger partial charge in [-0.3, -0.25) is 9.59 Å². The van der Waals surface area contributed by atoms with E-state index < -0.39 is 11.5 Å². The number of nitrogens with one attached hydrogen (secondary N) is 2. The van der Waals surface area contributed by atoms with Crippen LogP contribution in [-0.4, -0.2) is 35.0 Å². The van der Waals surface area contributed by atoms with Gasteiger partial charge in [-0.05, 0) is 32.4 Å². The minimum atomic E-state index is -1.29. The fraction of sp³-hybridized carbons (Fsp3) is 0.400. The van der Waals surface area contributed by atoms with Crippen LogP contribution in [0.5, 0.6) is 0 Å². The molecule has 0 aliphatic heterocycles. The van der Waals surface area contributed by atoms with Crippen LogP contribution in [0, 0.1) is 0 Å². The number of carbonyl (C=O) groups is 3. The molecule has 0 heterocycles. The van der Waals surface area contributed by atoms with E-state index in [1.54, 1.807) is 24.3 Å². The zero-order valence-corrected chi connectivity index (χ0v) is 12.2. The summed E-state index contributed by atoms with van der Waals surface area (Å²) in [6, 6.07) is 8.78. The number of rotatable bonds is 7. The molecule has 0 bridgehead atoms. The maximum atomic E-state index is 11.7. The summed E-state index contributed by atoms with van der Waals surface area (Å²) < 4.78 is 0. The average molecular weight is 292 g/mol. The highest BCUT2D eigenvalue weighted by molar-refractivity contribution is 5.94. The molecule has 0 atom stereocenters. The monoisotopic (exact) mass is 292 g/mol. The quantitative estimate of drug-likeness (QED) is 0.657. The standard InChI is InChI=1S/C15H20N2O4/c1-15(2,14(20)21)17-12(18)9-6-10-16-13(19)11-7-4-3-5-8-11/h3-5,7-8H,6,9-10H2,1-2H3,(H,16,19)(H,17,18)(H,20,21). The number of carbonyl (C=O) groups excluding carboxylic acids is 2. The number of hydrogen-bond acceptors (Lipinski definition) is 3.